The van der Waals surface area contributed by atoms with Crippen molar-refractivity contribution in [1.82, 2.24) is 14.9 Å². The van der Waals surface area contributed by atoms with E-state index in [2.05, 4.69) is 27.1 Å². The molecule has 1 saturated heterocycles. The van der Waals surface area contributed by atoms with Gasteiger partial charge >= 0.3 is 0 Å². The zero-order chi connectivity index (χ0) is 13.2. The molecule has 5 nitrogen and oxygen atoms in total. The quantitative estimate of drug-likeness (QED) is 0.937. The van der Waals surface area contributed by atoms with Gasteiger partial charge in [0.05, 0.1) is 5.02 Å². The number of fused-ring (bicyclic) bond motifs is 1. The van der Waals surface area contributed by atoms with Gasteiger partial charge in [-0.2, -0.15) is 4.98 Å². The molecule has 1 N–H and O–H groups in total. The van der Waals surface area contributed by atoms with E-state index in [0.29, 0.717) is 28.3 Å². The largest absolute Gasteiger partial charge is 0.422 e. The smallest absolute Gasteiger partial charge is 0.297 e. The summed E-state index contributed by atoms with van der Waals surface area (Å²) in [4.78, 5) is 10.9. The summed E-state index contributed by atoms with van der Waals surface area (Å²) < 4.78 is 5.63. The first-order valence-electron chi connectivity index (χ1n) is 6.65. The zero-order valence-electron chi connectivity index (χ0n) is 10.9. The van der Waals surface area contributed by atoms with Crippen molar-refractivity contribution in [2.45, 2.75) is 25.8 Å². The fourth-order valence-electron chi connectivity index (χ4n) is 2.49. The van der Waals surface area contributed by atoms with Crippen molar-refractivity contribution in [2.75, 3.05) is 25.0 Å². The minimum absolute atomic E-state index is 0.386. The number of piperidine rings is 1. The molecule has 3 rings (SSSR count). The first kappa shape index (κ1) is 12.7. The average Bonchev–Trinajstić information content (AvgIpc) is 2.80. The van der Waals surface area contributed by atoms with Gasteiger partial charge in [0, 0.05) is 24.8 Å². The second-order valence-corrected chi connectivity index (χ2v) is 5.31. The van der Waals surface area contributed by atoms with Gasteiger partial charge in [0.25, 0.3) is 6.01 Å². The summed E-state index contributed by atoms with van der Waals surface area (Å²) in [6, 6.07) is 2.66. The molecular weight excluding hydrogens is 264 g/mol. The van der Waals surface area contributed by atoms with Crippen LogP contribution in [0.25, 0.3) is 11.2 Å². The summed E-state index contributed by atoms with van der Waals surface area (Å²) in [6.07, 6.45) is 3.93. The van der Waals surface area contributed by atoms with Gasteiger partial charge in [-0.1, -0.05) is 18.5 Å². The van der Waals surface area contributed by atoms with Crippen LogP contribution < -0.4 is 5.32 Å². The Labute approximate surface area is 117 Å². The van der Waals surface area contributed by atoms with E-state index in [1.54, 1.807) is 12.3 Å². The van der Waals surface area contributed by atoms with Crippen molar-refractivity contribution >= 4 is 28.8 Å². The van der Waals surface area contributed by atoms with Crippen molar-refractivity contribution in [2.24, 2.45) is 0 Å². The lowest BCUT2D eigenvalue weighted by molar-refractivity contribution is 0.225. The molecule has 0 amide bonds. The Kier molecular flexibility index (Phi) is 3.57. The lowest BCUT2D eigenvalue weighted by atomic mass is 10.1. The van der Waals surface area contributed by atoms with Crippen molar-refractivity contribution in [1.29, 1.82) is 0 Å². The predicted octanol–water partition coefficient (Wildman–Crippen LogP) is 2.77. The minimum Gasteiger partial charge on any atom is -0.422 e. The van der Waals surface area contributed by atoms with Crippen LogP contribution in [0.4, 0.5) is 6.01 Å². The van der Waals surface area contributed by atoms with Crippen LogP contribution in [0.5, 0.6) is 0 Å². The number of likely N-dealkylation sites (tertiary alicyclic amines) is 1. The number of hydrogen-bond acceptors (Lipinski definition) is 5. The molecule has 0 unspecified atom stereocenters. The van der Waals surface area contributed by atoms with Crippen LogP contribution in [0, 0.1) is 0 Å². The number of anilines is 1. The SMILES string of the molecule is CCN1CCC[C@@H](Nc2nc3ncc(Cl)cc3o2)C1. The van der Waals surface area contributed by atoms with Crippen LogP contribution >= 0.6 is 11.6 Å². The maximum Gasteiger partial charge on any atom is 0.297 e. The third-order valence-electron chi connectivity index (χ3n) is 3.49. The van der Waals surface area contributed by atoms with Crippen LogP contribution in [0.1, 0.15) is 19.8 Å². The molecule has 6 heteroatoms. The van der Waals surface area contributed by atoms with E-state index in [1.807, 2.05) is 0 Å². The van der Waals surface area contributed by atoms with E-state index >= 15 is 0 Å². The molecule has 0 radical (unpaired) electrons. The van der Waals surface area contributed by atoms with Gasteiger partial charge in [-0.05, 0) is 25.9 Å². The lowest BCUT2D eigenvalue weighted by Gasteiger charge is -2.31. The first-order valence-corrected chi connectivity index (χ1v) is 7.03. The molecule has 1 aliphatic heterocycles. The number of rotatable bonds is 3. The predicted molar refractivity (Wildman–Crippen MR) is 75.6 cm³/mol. The number of halogens is 1. The Hall–Kier alpha value is -1.33. The number of oxazole rings is 1. The number of nitrogens with one attached hydrogen (secondary N) is 1. The molecule has 19 heavy (non-hydrogen) atoms. The van der Waals surface area contributed by atoms with Gasteiger partial charge in [0.2, 0.25) is 5.65 Å². The fraction of sp³-hybridized carbons (Fsp3) is 0.538. The number of pyridine rings is 1. The minimum atomic E-state index is 0.386. The molecule has 1 aliphatic rings. The fourth-order valence-corrected chi connectivity index (χ4v) is 2.64. The Morgan fingerprint density at radius 1 is 1.58 bits per heavy atom. The maximum atomic E-state index is 5.88. The number of nitrogens with zero attached hydrogens (tertiary/aromatic N) is 3. The summed E-state index contributed by atoms with van der Waals surface area (Å²) in [5.74, 6) is 0. The van der Waals surface area contributed by atoms with Gasteiger partial charge in [-0.15, -0.1) is 0 Å². The van der Waals surface area contributed by atoms with E-state index in [0.717, 1.165) is 19.5 Å². The third kappa shape index (κ3) is 2.82. The van der Waals surface area contributed by atoms with Crippen LogP contribution in [-0.4, -0.2) is 40.5 Å². The average molecular weight is 281 g/mol. The molecule has 1 atom stereocenters. The molecule has 2 aromatic rings. The van der Waals surface area contributed by atoms with Gasteiger partial charge < -0.3 is 14.6 Å². The van der Waals surface area contributed by atoms with Crippen molar-refractivity contribution < 1.29 is 4.42 Å². The Morgan fingerprint density at radius 2 is 2.47 bits per heavy atom. The van der Waals surface area contributed by atoms with Gasteiger partial charge in [0.15, 0.2) is 5.58 Å². The molecular formula is C13H17ClN4O. The summed E-state index contributed by atoms with van der Waals surface area (Å²) >= 11 is 5.88. The second kappa shape index (κ2) is 5.35. The summed E-state index contributed by atoms with van der Waals surface area (Å²) in [5, 5.41) is 3.91. The Bertz CT molecular complexity index is 571. The van der Waals surface area contributed by atoms with E-state index in [4.69, 9.17) is 16.0 Å². The van der Waals surface area contributed by atoms with E-state index < -0.39 is 0 Å². The number of likely N-dealkylation sites (N-methyl/N-ethyl adjacent to an activating group) is 1. The highest BCUT2D eigenvalue weighted by Crippen LogP contribution is 2.22. The number of hydrogen-bond donors (Lipinski definition) is 1. The molecule has 0 saturated carbocycles. The van der Waals surface area contributed by atoms with Crippen molar-refractivity contribution in [3.05, 3.63) is 17.3 Å². The van der Waals surface area contributed by atoms with Crippen LogP contribution in [-0.2, 0) is 0 Å². The molecule has 3 heterocycles. The van der Waals surface area contributed by atoms with Crippen LogP contribution in [0.15, 0.2) is 16.7 Å². The summed E-state index contributed by atoms with van der Waals surface area (Å²) in [5.41, 5.74) is 1.22. The second-order valence-electron chi connectivity index (χ2n) is 4.87. The molecule has 1 fully saturated rings. The summed E-state index contributed by atoms with van der Waals surface area (Å²) in [6.45, 7) is 5.49. The summed E-state index contributed by atoms with van der Waals surface area (Å²) in [7, 11) is 0. The third-order valence-corrected chi connectivity index (χ3v) is 3.70. The van der Waals surface area contributed by atoms with Gasteiger partial charge in [-0.3, -0.25) is 0 Å². The molecule has 0 bridgehead atoms. The van der Waals surface area contributed by atoms with Crippen molar-refractivity contribution in [3.8, 4) is 0 Å². The molecule has 102 valence electrons. The van der Waals surface area contributed by atoms with Gasteiger partial charge in [-0.25, -0.2) is 4.98 Å². The monoisotopic (exact) mass is 280 g/mol. The Morgan fingerprint density at radius 3 is 3.32 bits per heavy atom. The molecule has 0 spiro atoms. The Balaban J connectivity index is 1.74. The van der Waals surface area contributed by atoms with E-state index in [9.17, 15) is 0 Å². The zero-order valence-corrected chi connectivity index (χ0v) is 11.7. The highest BCUT2D eigenvalue weighted by Gasteiger charge is 2.20. The van der Waals surface area contributed by atoms with Crippen molar-refractivity contribution in [3.63, 3.8) is 0 Å². The standard InChI is InChI=1S/C13H17ClN4O/c1-2-18-5-3-4-10(8-18)16-13-17-12-11(19-13)6-9(14)7-15-12/h6-7,10H,2-5,8H2,1H3,(H,15,16,17)/t10-/m1/s1. The highest BCUT2D eigenvalue weighted by molar-refractivity contribution is 6.30. The lowest BCUT2D eigenvalue weighted by Crippen LogP contribution is -2.41. The van der Waals surface area contributed by atoms with E-state index in [-0.39, 0.29) is 0 Å². The van der Waals surface area contributed by atoms with E-state index in [1.165, 1.54) is 13.0 Å². The molecule has 2 aromatic heterocycles. The first-order chi connectivity index (χ1) is 9.24. The molecule has 0 aromatic carbocycles. The van der Waals surface area contributed by atoms with Crippen LogP contribution in [0.2, 0.25) is 5.02 Å². The van der Waals surface area contributed by atoms with Crippen LogP contribution in [0.3, 0.4) is 0 Å². The van der Waals surface area contributed by atoms with Gasteiger partial charge in [0.1, 0.15) is 0 Å². The number of aromatic nitrogens is 2. The maximum absolute atomic E-state index is 5.88. The highest BCUT2D eigenvalue weighted by atomic mass is 35.5. The molecule has 0 aliphatic carbocycles. The topological polar surface area (TPSA) is 54.2 Å². The normalized spacial score (nSPS) is 20.8.